The number of aryl methyl sites for hydroxylation is 1. The predicted octanol–water partition coefficient (Wildman–Crippen LogP) is 4.42. The Morgan fingerprint density at radius 2 is 2.13 bits per heavy atom. The molecule has 23 heavy (non-hydrogen) atoms. The van der Waals surface area contributed by atoms with Crippen molar-refractivity contribution in [2.75, 3.05) is 0 Å². The average molecular weight is 324 g/mol. The molecule has 0 saturated carbocycles. The normalized spacial score (nSPS) is 10.5. The quantitative estimate of drug-likeness (QED) is 0.667. The molecule has 5 heteroatoms. The minimum Gasteiger partial charge on any atom is -0.336 e. The Labute approximate surface area is 137 Å². The molecule has 2 aromatic heterocycles. The molecule has 114 valence electrons. The SMILES string of the molecule is Cc1cc(C#N)c(-c2cccc(F)c2)n1CC(=O)c1cccs1. The Balaban J connectivity index is 2.08. The zero-order chi connectivity index (χ0) is 16.4. The van der Waals surface area contributed by atoms with E-state index in [1.807, 2.05) is 18.4 Å². The fourth-order valence-electron chi connectivity index (χ4n) is 2.57. The number of Topliss-reactive ketones (excluding diaryl/α,β-unsaturated/α-hetero) is 1. The van der Waals surface area contributed by atoms with Gasteiger partial charge in [0.15, 0.2) is 5.78 Å². The summed E-state index contributed by atoms with van der Waals surface area (Å²) < 4.78 is 15.3. The van der Waals surface area contributed by atoms with E-state index in [1.165, 1.54) is 23.5 Å². The van der Waals surface area contributed by atoms with E-state index >= 15 is 0 Å². The van der Waals surface area contributed by atoms with Crippen molar-refractivity contribution >= 4 is 17.1 Å². The Hall–Kier alpha value is -2.71. The Bertz CT molecular complexity index is 904. The van der Waals surface area contributed by atoms with Crippen LogP contribution in [0.5, 0.6) is 0 Å². The lowest BCUT2D eigenvalue weighted by molar-refractivity contribution is 0.0976. The van der Waals surface area contributed by atoms with Gasteiger partial charge in [0.2, 0.25) is 0 Å². The average Bonchev–Trinajstić information content (AvgIpc) is 3.16. The monoisotopic (exact) mass is 324 g/mol. The van der Waals surface area contributed by atoms with Gasteiger partial charge in [-0.1, -0.05) is 18.2 Å². The smallest absolute Gasteiger partial charge is 0.192 e. The maximum atomic E-state index is 13.6. The minimum atomic E-state index is -0.374. The summed E-state index contributed by atoms with van der Waals surface area (Å²) in [6.07, 6.45) is 0. The van der Waals surface area contributed by atoms with E-state index in [0.717, 1.165) is 5.69 Å². The molecule has 0 N–H and O–H groups in total. The molecule has 1 aromatic carbocycles. The molecular weight excluding hydrogens is 311 g/mol. The van der Waals surface area contributed by atoms with Gasteiger partial charge in [-0.05, 0) is 36.6 Å². The van der Waals surface area contributed by atoms with Crippen LogP contribution in [0.15, 0.2) is 47.8 Å². The van der Waals surface area contributed by atoms with Crippen LogP contribution in [0.1, 0.15) is 20.9 Å². The molecule has 3 nitrogen and oxygen atoms in total. The van der Waals surface area contributed by atoms with E-state index in [4.69, 9.17) is 0 Å². The number of hydrogen-bond acceptors (Lipinski definition) is 3. The second-order valence-corrected chi connectivity index (χ2v) is 6.10. The molecule has 0 atom stereocenters. The number of halogens is 1. The van der Waals surface area contributed by atoms with Crippen molar-refractivity contribution in [3.63, 3.8) is 0 Å². The van der Waals surface area contributed by atoms with Gasteiger partial charge in [0, 0.05) is 11.3 Å². The van der Waals surface area contributed by atoms with Crippen molar-refractivity contribution in [1.82, 2.24) is 4.57 Å². The van der Waals surface area contributed by atoms with E-state index in [0.29, 0.717) is 21.7 Å². The molecule has 0 unspecified atom stereocenters. The molecule has 0 aliphatic heterocycles. The van der Waals surface area contributed by atoms with Crippen LogP contribution in [-0.4, -0.2) is 10.4 Å². The number of nitrogens with zero attached hydrogens (tertiary/aromatic N) is 2. The number of aromatic nitrogens is 1. The molecule has 2 heterocycles. The van der Waals surface area contributed by atoms with Gasteiger partial charge >= 0.3 is 0 Å². The third-order valence-electron chi connectivity index (χ3n) is 3.62. The Kier molecular flexibility index (Phi) is 4.09. The summed E-state index contributed by atoms with van der Waals surface area (Å²) in [5, 5.41) is 11.2. The first-order valence-electron chi connectivity index (χ1n) is 7.03. The highest BCUT2D eigenvalue weighted by atomic mass is 32.1. The highest BCUT2D eigenvalue weighted by Gasteiger charge is 2.18. The largest absolute Gasteiger partial charge is 0.336 e. The van der Waals surface area contributed by atoms with Gasteiger partial charge in [0.1, 0.15) is 11.9 Å². The first-order chi connectivity index (χ1) is 11.1. The molecule has 0 spiro atoms. The summed E-state index contributed by atoms with van der Waals surface area (Å²) in [7, 11) is 0. The van der Waals surface area contributed by atoms with Crippen molar-refractivity contribution < 1.29 is 9.18 Å². The van der Waals surface area contributed by atoms with Crippen molar-refractivity contribution in [2.24, 2.45) is 0 Å². The fourth-order valence-corrected chi connectivity index (χ4v) is 3.23. The van der Waals surface area contributed by atoms with E-state index in [-0.39, 0.29) is 18.1 Å². The van der Waals surface area contributed by atoms with E-state index < -0.39 is 0 Å². The van der Waals surface area contributed by atoms with Gasteiger partial charge in [-0.2, -0.15) is 5.26 Å². The predicted molar refractivity (Wildman–Crippen MR) is 87.9 cm³/mol. The molecule has 0 aliphatic rings. The lowest BCUT2D eigenvalue weighted by Crippen LogP contribution is -2.12. The number of ketones is 1. The summed E-state index contributed by atoms with van der Waals surface area (Å²) in [4.78, 5) is 13.1. The Morgan fingerprint density at radius 1 is 1.30 bits per heavy atom. The summed E-state index contributed by atoms with van der Waals surface area (Å²) in [6, 6.07) is 13.5. The topological polar surface area (TPSA) is 45.8 Å². The number of rotatable bonds is 4. The lowest BCUT2D eigenvalue weighted by atomic mass is 10.1. The summed E-state index contributed by atoms with van der Waals surface area (Å²) >= 11 is 1.38. The number of carbonyl (C=O) groups excluding carboxylic acids is 1. The minimum absolute atomic E-state index is 0.0270. The number of benzene rings is 1. The molecule has 0 amide bonds. The van der Waals surface area contributed by atoms with Crippen molar-refractivity contribution in [2.45, 2.75) is 13.5 Å². The first kappa shape index (κ1) is 15.2. The highest BCUT2D eigenvalue weighted by molar-refractivity contribution is 7.12. The summed E-state index contributed by atoms with van der Waals surface area (Å²) in [5.41, 5.74) is 2.40. The Morgan fingerprint density at radius 3 is 2.78 bits per heavy atom. The van der Waals surface area contributed by atoms with Crippen LogP contribution in [0.25, 0.3) is 11.3 Å². The second kappa shape index (κ2) is 6.19. The zero-order valence-corrected chi connectivity index (χ0v) is 13.2. The third kappa shape index (κ3) is 2.94. The third-order valence-corrected chi connectivity index (χ3v) is 4.53. The van der Waals surface area contributed by atoms with Gasteiger partial charge in [0.05, 0.1) is 22.7 Å². The maximum absolute atomic E-state index is 13.6. The number of nitriles is 1. The van der Waals surface area contributed by atoms with Crippen molar-refractivity contribution in [3.8, 4) is 17.3 Å². The van der Waals surface area contributed by atoms with Crippen LogP contribution in [0, 0.1) is 24.1 Å². The van der Waals surface area contributed by atoms with Gasteiger partial charge in [-0.15, -0.1) is 11.3 Å². The van der Waals surface area contributed by atoms with E-state index in [2.05, 4.69) is 6.07 Å². The van der Waals surface area contributed by atoms with Crippen LogP contribution in [0.4, 0.5) is 4.39 Å². The number of thiophene rings is 1. The van der Waals surface area contributed by atoms with Crippen LogP contribution >= 0.6 is 11.3 Å². The lowest BCUT2D eigenvalue weighted by Gasteiger charge is -2.11. The van der Waals surface area contributed by atoms with Gasteiger partial charge in [-0.25, -0.2) is 4.39 Å². The van der Waals surface area contributed by atoms with Gasteiger partial charge < -0.3 is 4.57 Å². The molecular formula is C18H13FN2OS. The first-order valence-corrected chi connectivity index (χ1v) is 7.91. The summed E-state index contributed by atoms with van der Waals surface area (Å²) in [6.45, 7) is 1.96. The van der Waals surface area contributed by atoms with Crippen LogP contribution in [0.3, 0.4) is 0 Å². The molecule has 0 saturated heterocycles. The van der Waals surface area contributed by atoms with E-state index in [9.17, 15) is 14.4 Å². The van der Waals surface area contributed by atoms with Crippen LogP contribution in [0.2, 0.25) is 0 Å². The van der Waals surface area contributed by atoms with Gasteiger partial charge in [0.25, 0.3) is 0 Å². The maximum Gasteiger partial charge on any atom is 0.192 e. The van der Waals surface area contributed by atoms with Crippen molar-refractivity contribution in [3.05, 3.63) is 69.8 Å². The van der Waals surface area contributed by atoms with Crippen LogP contribution < -0.4 is 0 Å². The number of carbonyl (C=O) groups is 1. The summed E-state index contributed by atoms with van der Waals surface area (Å²) in [5.74, 6) is -0.401. The standard InChI is InChI=1S/C18H13FN2OS/c1-12-8-14(10-20)18(13-4-2-5-15(19)9-13)21(12)11-16(22)17-6-3-7-23-17/h2-9H,11H2,1H3. The molecule has 0 fully saturated rings. The van der Waals surface area contributed by atoms with Crippen molar-refractivity contribution in [1.29, 1.82) is 5.26 Å². The molecule has 3 aromatic rings. The molecule has 3 rings (SSSR count). The second-order valence-electron chi connectivity index (χ2n) is 5.16. The zero-order valence-electron chi connectivity index (χ0n) is 12.4. The van der Waals surface area contributed by atoms with Gasteiger partial charge in [-0.3, -0.25) is 4.79 Å². The molecule has 0 radical (unpaired) electrons. The molecule has 0 bridgehead atoms. The van der Waals surface area contributed by atoms with Crippen LogP contribution in [-0.2, 0) is 6.54 Å². The van der Waals surface area contributed by atoms with E-state index in [1.54, 1.807) is 28.8 Å². The highest BCUT2D eigenvalue weighted by Crippen LogP contribution is 2.28. The molecule has 0 aliphatic carbocycles. The fraction of sp³-hybridized carbons (Fsp3) is 0.111. The number of hydrogen-bond donors (Lipinski definition) is 0.